The fraction of sp³-hybridized carbons (Fsp3) is 0.156. The van der Waals surface area contributed by atoms with Crippen LogP contribution in [0.1, 0.15) is 16.7 Å². The van der Waals surface area contributed by atoms with Gasteiger partial charge in [0.1, 0.15) is 5.39 Å². The molecule has 3 heterocycles. The highest BCUT2D eigenvalue weighted by Gasteiger charge is 2.42. The van der Waals surface area contributed by atoms with E-state index in [0.29, 0.717) is 30.6 Å². The van der Waals surface area contributed by atoms with Crippen molar-refractivity contribution >= 4 is 16.9 Å². The summed E-state index contributed by atoms with van der Waals surface area (Å²) >= 11 is 0. The van der Waals surface area contributed by atoms with Crippen LogP contribution in [0.5, 0.6) is 17.2 Å². The maximum absolute atomic E-state index is 13.3. The molecule has 11 heteroatoms. The van der Waals surface area contributed by atoms with Crippen LogP contribution in [0.2, 0.25) is 0 Å². The lowest BCUT2D eigenvalue weighted by Gasteiger charge is -2.29. The highest BCUT2D eigenvalue weighted by Crippen LogP contribution is 2.42. The van der Waals surface area contributed by atoms with Gasteiger partial charge in [0.05, 0.1) is 16.8 Å². The van der Waals surface area contributed by atoms with Crippen molar-refractivity contribution in [1.29, 1.82) is 0 Å². The largest absolute Gasteiger partial charge is 0.504 e. The van der Waals surface area contributed by atoms with Gasteiger partial charge in [-0.2, -0.15) is 13.2 Å². The second kappa shape index (κ2) is 10.9. The highest BCUT2D eigenvalue weighted by molar-refractivity contribution is 6.00. The Morgan fingerprint density at radius 1 is 0.953 bits per heavy atom. The van der Waals surface area contributed by atoms with Crippen molar-refractivity contribution in [1.82, 2.24) is 14.9 Å². The number of aromatic nitrogens is 2. The number of H-pyrrole nitrogens is 1. The molecular weight excluding hydrogens is 563 g/mol. The minimum Gasteiger partial charge on any atom is -0.504 e. The molecule has 0 unspecified atom stereocenters. The number of aromatic amines is 1. The number of benzene rings is 3. The molecular formula is C32H24F3N3O5. The predicted molar refractivity (Wildman–Crippen MR) is 153 cm³/mol. The van der Waals surface area contributed by atoms with E-state index >= 15 is 0 Å². The Bertz CT molecular complexity index is 1910. The average molecular weight is 588 g/mol. The number of carbonyl (C=O) groups excluding carboxylic acids is 1. The number of rotatable bonds is 5. The smallest absolute Gasteiger partial charge is 0.491 e. The molecule has 0 spiro atoms. The fourth-order valence-electron chi connectivity index (χ4n) is 5.33. The van der Waals surface area contributed by atoms with E-state index in [9.17, 15) is 33.0 Å². The van der Waals surface area contributed by atoms with Gasteiger partial charge in [0.15, 0.2) is 17.2 Å². The lowest BCUT2D eigenvalue weighted by atomic mass is 9.95. The van der Waals surface area contributed by atoms with E-state index in [2.05, 4.69) is 14.9 Å². The van der Waals surface area contributed by atoms with E-state index in [1.54, 1.807) is 54.6 Å². The maximum atomic E-state index is 13.3. The molecule has 0 atom stereocenters. The Balaban J connectivity index is 1.41. The number of nitrogens with zero attached hydrogens (tertiary/aromatic N) is 2. The molecule has 0 saturated heterocycles. The quantitative estimate of drug-likeness (QED) is 0.179. The second-order valence-corrected chi connectivity index (χ2v) is 10.3. The molecule has 218 valence electrons. The van der Waals surface area contributed by atoms with Crippen LogP contribution in [0.15, 0.2) is 83.8 Å². The first-order chi connectivity index (χ1) is 20.6. The van der Waals surface area contributed by atoms with E-state index in [0.717, 1.165) is 23.2 Å². The van der Waals surface area contributed by atoms with E-state index in [1.165, 1.54) is 12.3 Å². The average Bonchev–Trinajstić information content (AvgIpc) is 2.98. The summed E-state index contributed by atoms with van der Waals surface area (Å²) in [5.41, 5.74) is 3.45. The van der Waals surface area contributed by atoms with Crippen LogP contribution in [0.3, 0.4) is 0 Å². The predicted octanol–water partition coefficient (Wildman–Crippen LogP) is 5.69. The Kier molecular flexibility index (Phi) is 7.10. The highest BCUT2D eigenvalue weighted by atomic mass is 19.4. The molecule has 0 saturated carbocycles. The van der Waals surface area contributed by atoms with Gasteiger partial charge in [-0.25, -0.2) is 9.78 Å². The summed E-state index contributed by atoms with van der Waals surface area (Å²) in [7, 11) is 0. The van der Waals surface area contributed by atoms with E-state index in [1.807, 2.05) is 12.1 Å². The number of phenols is 2. The van der Waals surface area contributed by atoms with Crippen LogP contribution in [0, 0.1) is 0 Å². The van der Waals surface area contributed by atoms with Gasteiger partial charge >= 0.3 is 12.1 Å². The summed E-state index contributed by atoms with van der Waals surface area (Å²) in [6, 6.07) is 20.2. The number of esters is 1. The molecule has 0 aliphatic carbocycles. The van der Waals surface area contributed by atoms with E-state index in [4.69, 9.17) is 4.74 Å². The Hall–Kier alpha value is -5.16. The number of phenolic OH excluding ortho intramolecular Hbond substituents is 2. The number of nitrogens with one attached hydrogen (secondary N) is 1. The zero-order chi connectivity index (χ0) is 30.3. The van der Waals surface area contributed by atoms with Gasteiger partial charge in [0, 0.05) is 31.4 Å². The van der Waals surface area contributed by atoms with E-state index in [-0.39, 0.29) is 33.7 Å². The van der Waals surface area contributed by atoms with Gasteiger partial charge in [-0.05, 0) is 46.9 Å². The van der Waals surface area contributed by atoms with Crippen LogP contribution in [-0.2, 0) is 24.3 Å². The number of halogens is 3. The number of carbonyl (C=O) groups is 1. The van der Waals surface area contributed by atoms with Crippen molar-refractivity contribution in [3.63, 3.8) is 0 Å². The van der Waals surface area contributed by atoms with Crippen molar-refractivity contribution < 1.29 is 32.9 Å². The summed E-state index contributed by atoms with van der Waals surface area (Å²) in [6.45, 7) is 1.91. The summed E-state index contributed by atoms with van der Waals surface area (Å²) < 4.78 is 45.0. The molecule has 0 radical (unpaired) electrons. The zero-order valence-corrected chi connectivity index (χ0v) is 22.5. The van der Waals surface area contributed by atoms with Crippen molar-refractivity contribution in [2.24, 2.45) is 0 Å². The number of hydrogen-bond donors (Lipinski definition) is 3. The van der Waals surface area contributed by atoms with Gasteiger partial charge in [-0.15, -0.1) is 0 Å². The van der Waals surface area contributed by atoms with Crippen molar-refractivity contribution in [3.8, 4) is 39.6 Å². The normalized spacial score (nSPS) is 13.6. The fourth-order valence-corrected chi connectivity index (χ4v) is 5.33. The molecule has 8 nitrogen and oxygen atoms in total. The number of alkyl halides is 3. The number of aromatic hydroxyl groups is 2. The molecule has 3 aromatic carbocycles. The van der Waals surface area contributed by atoms with Gasteiger partial charge in [0.25, 0.3) is 5.56 Å². The molecule has 2 aromatic heterocycles. The van der Waals surface area contributed by atoms with Crippen LogP contribution in [0.4, 0.5) is 13.2 Å². The third-order valence-corrected chi connectivity index (χ3v) is 7.37. The maximum Gasteiger partial charge on any atom is 0.491 e. The van der Waals surface area contributed by atoms with Crippen molar-refractivity contribution in [2.45, 2.75) is 25.7 Å². The summed E-state index contributed by atoms with van der Waals surface area (Å²) in [5, 5.41) is 19.4. The SMILES string of the molecule is O=C(Oc1c(-c2ccccc2)c(-c2ccc(CN3CCc4cc(O)c(O)cc4C3)cc2)nc2cc[nH]c(=O)c12)C(F)(F)F. The standard InChI is InChI=1S/C32H24F3N3O5/c33-32(34,35)31(42)43-29-26(19-4-2-1-3-5-19)28(37-23-10-12-36-30(41)27(23)29)20-8-6-18(7-9-20)16-38-13-11-21-14-24(39)25(40)15-22(21)17-38/h1-10,12,14-15,39-40H,11,13,16-17H2,(H,36,41). The zero-order valence-electron chi connectivity index (χ0n) is 22.5. The molecule has 0 amide bonds. The second-order valence-electron chi connectivity index (χ2n) is 10.3. The van der Waals surface area contributed by atoms with Gasteiger partial charge in [-0.3, -0.25) is 9.69 Å². The molecule has 1 aliphatic rings. The Labute approximate surface area is 242 Å². The molecule has 3 N–H and O–H groups in total. The van der Waals surface area contributed by atoms with Crippen LogP contribution in [-0.4, -0.2) is 43.8 Å². The molecule has 5 aromatic rings. The van der Waals surface area contributed by atoms with Crippen LogP contribution < -0.4 is 10.3 Å². The first-order valence-corrected chi connectivity index (χ1v) is 13.3. The van der Waals surface area contributed by atoms with Gasteiger partial charge in [0.2, 0.25) is 0 Å². The lowest BCUT2D eigenvalue weighted by Crippen LogP contribution is -2.30. The first-order valence-electron chi connectivity index (χ1n) is 13.3. The lowest BCUT2D eigenvalue weighted by molar-refractivity contribution is -0.189. The Morgan fingerprint density at radius 2 is 1.65 bits per heavy atom. The van der Waals surface area contributed by atoms with Gasteiger partial charge < -0.3 is 19.9 Å². The first kappa shape index (κ1) is 28.0. The monoisotopic (exact) mass is 587 g/mol. The topological polar surface area (TPSA) is 116 Å². The molecule has 1 aliphatic heterocycles. The third kappa shape index (κ3) is 5.54. The summed E-state index contributed by atoms with van der Waals surface area (Å²) in [4.78, 5) is 34.1. The summed E-state index contributed by atoms with van der Waals surface area (Å²) in [6.07, 6.45) is -3.26. The van der Waals surface area contributed by atoms with Crippen LogP contribution in [0.25, 0.3) is 33.3 Å². The van der Waals surface area contributed by atoms with E-state index < -0.39 is 23.5 Å². The minimum absolute atomic E-state index is 0.0637. The van der Waals surface area contributed by atoms with Crippen LogP contribution >= 0.6 is 0 Å². The number of pyridine rings is 2. The molecule has 0 bridgehead atoms. The molecule has 43 heavy (non-hydrogen) atoms. The number of fused-ring (bicyclic) bond motifs is 2. The van der Waals surface area contributed by atoms with Crippen molar-refractivity contribution in [2.75, 3.05) is 6.54 Å². The third-order valence-electron chi connectivity index (χ3n) is 7.37. The van der Waals surface area contributed by atoms with Gasteiger partial charge in [-0.1, -0.05) is 54.6 Å². The minimum atomic E-state index is -5.29. The molecule has 6 rings (SSSR count). The molecule has 0 fully saturated rings. The number of hydrogen-bond acceptors (Lipinski definition) is 7. The van der Waals surface area contributed by atoms with Crippen molar-refractivity contribution in [3.05, 3.63) is 106 Å². The number of ether oxygens (including phenoxy) is 1. The Morgan fingerprint density at radius 3 is 2.35 bits per heavy atom. The summed E-state index contributed by atoms with van der Waals surface area (Å²) in [5.74, 6) is -3.28.